The Morgan fingerprint density at radius 1 is 1.03 bits per heavy atom. The molecule has 0 saturated carbocycles. The standard InChI is InChI=1S/C19H27N5O3S2/c1-27-16-6-8-17(9-7-16)29(25,26)22-13-11-21(12-14-22)15-24-19(28)23-10-4-2-3-5-18(23)20-24/h6-9H,2-5,10-15H2,1H3. The number of hydrogen-bond acceptors (Lipinski definition) is 6. The SMILES string of the molecule is COc1ccc(S(=O)(=O)N2CCN(Cn3nc4n(c3=S)CCCCC4)CC2)cc1. The maximum atomic E-state index is 12.9. The number of aromatic nitrogens is 3. The summed E-state index contributed by atoms with van der Waals surface area (Å²) in [6.07, 6.45) is 4.51. The van der Waals surface area contributed by atoms with E-state index in [1.807, 2.05) is 4.68 Å². The molecule has 29 heavy (non-hydrogen) atoms. The number of sulfonamides is 1. The number of fused-ring (bicyclic) bond motifs is 1. The van der Waals surface area contributed by atoms with Crippen molar-refractivity contribution in [2.24, 2.45) is 0 Å². The van der Waals surface area contributed by atoms with Crippen LogP contribution in [0.15, 0.2) is 29.2 Å². The summed E-state index contributed by atoms with van der Waals surface area (Å²) in [6.45, 7) is 3.76. The molecule has 2 aliphatic rings. The van der Waals surface area contributed by atoms with Gasteiger partial charge in [-0.15, -0.1) is 0 Å². The Morgan fingerprint density at radius 3 is 2.45 bits per heavy atom. The highest BCUT2D eigenvalue weighted by Crippen LogP contribution is 2.21. The molecule has 0 atom stereocenters. The number of ether oxygens (including phenoxy) is 1. The summed E-state index contributed by atoms with van der Waals surface area (Å²) >= 11 is 5.63. The highest BCUT2D eigenvalue weighted by Gasteiger charge is 2.29. The van der Waals surface area contributed by atoms with E-state index >= 15 is 0 Å². The van der Waals surface area contributed by atoms with Crippen LogP contribution in [0.1, 0.15) is 25.1 Å². The summed E-state index contributed by atoms with van der Waals surface area (Å²) in [4.78, 5) is 2.51. The summed E-state index contributed by atoms with van der Waals surface area (Å²) in [6, 6.07) is 6.54. The third-order valence-electron chi connectivity index (χ3n) is 5.64. The molecule has 4 rings (SSSR count). The minimum Gasteiger partial charge on any atom is -0.497 e. The first-order chi connectivity index (χ1) is 14.0. The zero-order valence-corrected chi connectivity index (χ0v) is 18.3. The zero-order valence-electron chi connectivity index (χ0n) is 16.7. The van der Waals surface area contributed by atoms with E-state index in [2.05, 4.69) is 9.47 Å². The molecule has 1 aromatic carbocycles. The summed E-state index contributed by atoms with van der Waals surface area (Å²) in [7, 11) is -1.93. The van der Waals surface area contributed by atoms with Crippen molar-refractivity contribution in [3.63, 3.8) is 0 Å². The van der Waals surface area contributed by atoms with Crippen LogP contribution in [0, 0.1) is 4.77 Å². The van der Waals surface area contributed by atoms with Crippen LogP contribution in [0.5, 0.6) is 5.75 Å². The molecule has 0 N–H and O–H groups in total. The van der Waals surface area contributed by atoms with Gasteiger partial charge < -0.3 is 9.30 Å². The molecule has 2 aromatic rings. The molecular weight excluding hydrogens is 410 g/mol. The Morgan fingerprint density at radius 2 is 1.76 bits per heavy atom. The van der Waals surface area contributed by atoms with Crippen molar-refractivity contribution in [3.05, 3.63) is 34.9 Å². The molecule has 1 saturated heterocycles. The fourth-order valence-electron chi connectivity index (χ4n) is 3.91. The molecule has 0 unspecified atom stereocenters. The van der Waals surface area contributed by atoms with E-state index in [-0.39, 0.29) is 0 Å². The maximum absolute atomic E-state index is 12.9. The lowest BCUT2D eigenvalue weighted by Gasteiger charge is -2.33. The monoisotopic (exact) mass is 437 g/mol. The predicted octanol–water partition coefficient (Wildman–Crippen LogP) is 2.11. The largest absolute Gasteiger partial charge is 0.497 e. The van der Waals surface area contributed by atoms with E-state index in [9.17, 15) is 8.42 Å². The summed E-state index contributed by atoms with van der Waals surface area (Å²) < 4.78 is 37.3. The van der Waals surface area contributed by atoms with E-state index in [1.54, 1.807) is 35.7 Å². The third-order valence-corrected chi connectivity index (χ3v) is 7.99. The first kappa shape index (κ1) is 20.5. The molecule has 1 fully saturated rings. The number of hydrogen-bond donors (Lipinski definition) is 0. The molecule has 0 radical (unpaired) electrons. The Bertz CT molecular complexity index is 1010. The summed E-state index contributed by atoms with van der Waals surface area (Å²) in [5.41, 5.74) is 0. The van der Waals surface area contributed by atoms with E-state index in [1.165, 1.54) is 6.42 Å². The summed E-state index contributed by atoms with van der Waals surface area (Å²) in [5.74, 6) is 1.72. The van der Waals surface area contributed by atoms with Gasteiger partial charge in [0.1, 0.15) is 11.6 Å². The minimum absolute atomic E-state index is 0.298. The highest BCUT2D eigenvalue weighted by molar-refractivity contribution is 7.89. The van der Waals surface area contributed by atoms with Crippen molar-refractivity contribution < 1.29 is 13.2 Å². The van der Waals surface area contributed by atoms with Crippen LogP contribution in [0.2, 0.25) is 0 Å². The van der Waals surface area contributed by atoms with E-state index in [4.69, 9.17) is 22.1 Å². The van der Waals surface area contributed by atoms with Gasteiger partial charge in [-0.05, 0) is 49.3 Å². The van der Waals surface area contributed by atoms with Gasteiger partial charge in [-0.25, -0.2) is 13.1 Å². The average molecular weight is 438 g/mol. The quantitative estimate of drug-likeness (QED) is 0.667. The van der Waals surface area contributed by atoms with Crippen LogP contribution in [0.25, 0.3) is 0 Å². The molecule has 0 spiro atoms. The van der Waals surface area contributed by atoms with Gasteiger partial charge in [0, 0.05) is 39.1 Å². The molecule has 158 valence electrons. The van der Waals surface area contributed by atoms with Crippen molar-refractivity contribution >= 4 is 22.2 Å². The normalized spacial score (nSPS) is 18.9. The van der Waals surface area contributed by atoms with Gasteiger partial charge in [-0.2, -0.15) is 9.40 Å². The molecule has 0 amide bonds. The molecule has 10 heteroatoms. The van der Waals surface area contributed by atoms with Crippen LogP contribution in [0.3, 0.4) is 0 Å². The first-order valence-corrected chi connectivity index (χ1v) is 11.9. The smallest absolute Gasteiger partial charge is 0.243 e. The number of piperazine rings is 1. The topological polar surface area (TPSA) is 72.6 Å². The Balaban J connectivity index is 1.40. The molecular formula is C19H27N5O3S2. The summed E-state index contributed by atoms with van der Waals surface area (Å²) in [5, 5.41) is 4.73. The maximum Gasteiger partial charge on any atom is 0.243 e. The van der Waals surface area contributed by atoms with Crippen molar-refractivity contribution in [1.82, 2.24) is 23.6 Å². The Hall–Kier alpha value is -1.75. The lowest BCUT2D eigenvalue weighted by molar-refractivity contribution is 0.144. The van der Waals surface area contributed by atoms with E-state index < -0.39 is 10.0 Å². The van der Waals surface area contributed by atoms with E-state index in [0.717, 1.165) is 36.4 Å². The van der Waals surface area contributed by atoms with Crippen molar-refractivity contribution in [2.75, 3.05) is 33.3 Å². The molecule has 0 aliphatic carbocycles. The second-order valence-electron chi connectivity index (χ2n) is 7.50. The van der Waals surface area contributed by atoms with Crippen LogP contribution in [-0.2, 0) is 29.7 Å². The minimum atomic E-state index is -3.49. The molecule has 8 nitrogen and oxygen atoms in total. The molecule has 3 heterocycles. The van der Waals surface area contributed by atoms with Gasteiger partial charge in [0.05, 0.1) is 18.7 Å². The lowest BCUT2D eigenvalue weighted by Crippen LogP contribution is -2.48. The average Bonchev–Trinajstić information content (AvgIpc) is 2.90. The van der Waals surface area contributed by atoms with E-state index in [0.29, 0.717) is 43.5 Å². The van der Waals surface area contributed by atoms with Crippen LogP contribution in [0.4, 0.5) is 0 Å². The fourth-order valence-corrected chi connectivity index (χ4v) is 5.63. The van der Waals surface area contributed by atoms with Gasteiger partial charge >= 0.3 is 0 Å². The van der Waals surface area contributed by atoms with Crippen molar-refractivity contribution in [3.8, 4) is 5.75 Å². The second kappa shape index (κ2) is 8.55. The first-order valence-electron chi connectivity index (χ1n) is 10.0. The zero-order chi connectivity index (χ0) is 20.4. The lowest BCUT2D eigenvalue weighted by atomic mass is 10.2. The van der Waals surface area contributed by atoms with Gasteiger partial charge in [-0.1, -0.05) is 6.42 Å². The predicted molar refractivity (Wildman–Crippen MR) is 112 cm³/mol. The number of aryl methyl sites for hydroxylation is 1. The van der Waals surface area contributed by atoms with Gasteiger partial charge in [0.25, 0.3) is 0 Å². The molecule has 1 aromatic heterocycles. The van der Waals surface area contributed by atoms with Crippen molar-refractivity contribution in [2.45, 2.75) is 43.8 Å². The van der Waals surface area contributed by atoms with Crippen LogP contribution < -0.4 is 4.74 Å². The third kappa shape index (κ3) is 4.25. The fraction of sp³-hybridized carbons (Fsp3) is 0.579. The van der Waals surface area contributed by atoms with Crippen LogP contribution in [-0.4, -0.2) is 65.3 Å². The Kier molecular flexibility index (Phi) is 6.05. The van der Waals surface area contributed by atoms with Gasteiger partial charge in [0.2, 0.25) is 10.0 Å². The number of benzene rings is 1. The number of nitrogens with zero attached hydrogens (tertiary/aromatic N) is 5. The second-order valence-corrected chi connectivity index (χ2v) is 9.80. The molecule has 2 aliphatic heterocycles. The molecule has 0 bridgehead atoms. The highest BCUT2D eigenvalue weighted by atomic mass is 32.2. The van der Waals surface area contributed by atoms with Crippen molar-refractivity contribution in [1.29, 1.82) is 0 Å². The number of rotatable bonds is 5. The number of methoxy groups -OCH3 is 1. The van der Waals surface area contributed by atoms with Gasteiger partial charge in [-0.3, -0.25) is 4.90 Å². The Labute approximate surface area is 176 Å². The van der Waals surface area contributed by atoms with Gasteiger partial charge in [0.15, 0.2) is 4.77 Å². The van der Waals surface area contributed by atoms with Crippen LogP contribution >= 0.6 is 12.2 Å².